The molecule has 1 saturated heterocycles. The van der Waals surface area contributed by atoms with Crippen LogP contribution in [0.5, 0.6) is 0 Å². The van der Waals surface area contributed by atoms with Gasteiger partial charge in [-0.1, -0.05) is 48.0 Å². The fourth-order valence-corrected chi connectivity index (χ4v) is 6.86. The number of amides is 2. The Balaban J connectivity index is 1.70. The largest absolute Gasteiger partial charge is 0.481 e. The minimum absolute atomic E-state index is 0.0446. The smallest absolute Gasteiger partial charge is 0.404 e. The van der Waals surface area contributed by atoms with E-state index in [9.17, 15) is 14.4 Å². The van der Waals surface area contributed by atoms with Gasteiger partial charge >= 0.3 is 7.12 Å². The van der Waals surface area contributed by atoms with Crippen LogP contribution in [0.15, 0.2) is 0 Å². The summed E-state index contributed by atoms with van der Waals surface area (Å²) in [7, 11) is -0.504. The summed E-state index contributed by atoms with van der Waals surface area (Å²) in [5.74, 6) is -0.0233. The van der Waals surface area contributed by atoms with E-state index in [1.165, 1.54) is 6.42 Å². The summed E-state index contributed by atoms with van der Waals surface area (Å²) in [6.45, 7) is 16.9. The quantitative estimate of drug-likeness (QED) is 0.232. The first-order chi connectivity index (χ1) is 17.7. The third-order valence-electron chi connectivity index (χ3n) is 9.54. The molecule has 4 rings (SSSR count). The highest BCUT2D eigenvalue weighted by atomic mass is 16.7. The molecule has 2 amide bonds. The number of Topliss-reactive ketones (excluding diaryl/α,β-unsaturated/α-hetero) is 1. The van der Waals surface area contributed by atoms with Gasteiger partial charge in [0, 0.05) is 18.3 Å². The lowest BCUT2D eigenvalue weighted by Crippen LogP contribution is -2.65. The van der Waals surface area contributed by atoms with Crippen molar-refractivity contribution < 1.29 is 23.7 Å². The number of ketones is 1. The molecule has 4 aliphatic rings. The van der Waals surface area contributed by atoms with Gasteiger partial charge in [0.25, 0.3) is 0 Å². The minimum Gasteiger partial charge on any atom is -0.404 e. The van der Waals surface area contributed by atoms with Crippen LogP contribution in [-0.4, -0.2) is 54.9 Å². The second-order valence-corrected chi connectivity index (χ2v) is 13.6. The number of rotatable bonds is 14. The third kappa shape index (κ3) is 6.64. The second-order valence-electron chi connectivity index (χ2n) is 13.6. The van der Waals surface area contributed by atoms with E-state index in [2.05, 4.69) is 45.3 Å². The van der Waals surface area contributed by atoms with E-state index in [0.717, 1.165) is 25.7 Å². The Kier molecular flexibility index (Phi) is 10.1. The Hall–Kier alpha value is -1.45. The van der Waals surface area contributed by atoms with Gasteiger partial charge in [-0.05, 0) is 75.7 Å². The van der Waals surface area contributed by atoms with Gasteiger partial charge < -0.3 is 25.7 Å². The van der Waals surface area contributed by atoms with E-state index in [1.54, 1.807) is 20.8 Å². The molecule has 0 spiro atoms. The molecule has 9 heteroatoms. The predicted octanol–water partition coefficient (Wildman–Crippen LogP) is 3.65. The number of carbonyl (C=O) groups is 3. The molecular weight excluding hydrogens is 481 g/mol. The molecule has 0 aromatic rings. The summed E-state index contributed by atoms with van der Waals surface area (Å²) < 4.78 is 13.2. The first-order valence-corrected chi connectivity index (χ1v) is 14.9. The highest BCUT2D eigenvalue weighted by molar-refractivity contribution is 6.47. The van der Waals surface area contributed by atoms with Gasteiger partial charge in [0.15, 0.2) is 5.78 Å². The van der Waals surface area contributed by atoms with E-state index >= 15 is 0 Å². The van der Waals surface area contributed by atoms with E-state index in [4.69, 9.17) is 15.0 Å². The van der Waals surface area contributed by atoms with Crippen LogP contribution >= 0.6 is 0 Å². The van der Waals surface area contributed by atoms with Crippen LogP contribution in [0.2, 0.25) is 0 Å². The molecule has 7 atom stereocenters. The number of hydrogen-bond donors (Lipinski definition) is 3. The van der Waals surface area contributed by atoms with Crippen LogP contribution in [0.4, 0.5) is 0 Å². The standard InChI is InChI=1S/C29H52BN3O5/c1-17(2)13-25(30-37-24-16-21-15-23(28(21,6)7)29(24,8)38-30)33-27(36)20(11-9-10-12-31)14-22(34)19(5)32-26(35)18(3)4/h17-21,23-25H,9-16,31H2,1-8H3,(H,32,35)(H,33,36)/t19-,20+,21-,23-,24+,25-,29-/m0/s1. The summed E-state index contributed by atoms with van der Waals surface area (Å²) in [5, 5.41) is 6.01. The maximum atomic E-state index is 13.7. The van der Waals surface area contributed by atoms with Crippen molar-refractivity contribution in [3.63, 3.8) is 0 Å². The van der Waals surface area contributed by atoms with Crippen LogP contribution in [0.25, 0.3) is 0 Å². The van der Waals surface area contributed by atoms with E-state index in [1.807, 2.05) is 0 Å². The monoisotopic (exact) mass is 533 g/mol. The summed E-state index contributed by atoms with van der Waals surface area (Å²) in [4.78, 5) is 38.8. The number of nitrogens with two attached hydrogens (primary N) is 1. The molecule has 1 aliphatic heterocycles. The Bertz CT molecular complexity index is 865. The van der Waals surface area contributed by atoms with Crippen molar-refractivity contribution in [1.82, 2.24) is 10.6 Å². The van der Waals surface area contributed by atoms with Crippen LogP contribution in [0.1, 0.15) is 100 Å². The molecule has 0 radical (unpaired) electrons. The zero-order chi connectivity index (χ0) is 28.4. The van der Waals surface area contributed by atoms with Crippen LogP contribution in [-0.2, 0) is 23.7 Å². The maximum Gasteiger partial charge on any atom is 0.481 e. The lowest BCUT2D eigenvalue weighted by Gasteiger charge is -2.64. The molecule has 2 bridgehead atoms. The number of unbranched alkanes of at least 4 members (excludes halogenated alkanes) is 1. The van der Waals surface area contributed by atoms with Crippen molar-refractivity contribution in [3.8, 4) is 0 Å². The van der Waals surface area contributed by atoms with Crippen molar-refractivity contribution in [3.05, 3.63) is 0 Å². The highest BCUT2D eigenvalue weighted by Crippen LogP contribution is 2.65. The first kappa shape index (κ1) is 31.1. The van der Waals surface area contributed by atoms with Crippen LogP contribution in [0, 0.1) is 35.0 Å². The van der Waals surface area contributed by atoms with Gasteiger partial charge in [-0.25, -0.2) is 0 Å². The van der Waals surface area contributed by atoms with E-state index < -0.39 is 19.1 Å². The molecule has 216 valence electrons. The Morgan fingerprint density at radius 1 is 1.00 bits per heavy atom. The Labute approximate surface area is 230 Å². The molecule has 0 aromatic carbocycles. The van der Waals surface area contributed by atoms with Crippen LogP contribution in [0.3, 0.4) is 0 Å². The molecule has 0 aromatic heterocycles. The lowest BCUT2D eigenvalue weighted by atomic mass is 9.43. The normalized spacial score (nSPS) is 29.9. The van der Waals surface area contributed by atoms with Gasteiger partial charge in [0.05, 0.1) is 23.7 Å². The zero-order valence-corrected chi connectivity index (χ0v) is 25.0. The molecule has 4 fully saturated rings. The molecule has 4 N–H and O–H groups in total. The van der Waals surface area contributed by atoms with E-state index in [-0.39, 0.29) is 53.0 Å². The number of carbonyl (C=O) groups excluding carboxylic acids is 3. The fourth-order valence-electron chi connectivity index (χ4n) is 6.86. The maximum absolute atomic E-state index is 13.7. The van der Waals surface area contributed by atoms with Gasteiger partial charge in [-0.15, -0.1) is 0 Å². The molecular formula is C29H52BN3O5. The SMILES string of the molecule is CC(C)C[C@H](NC(=O)[C@H](CCCCN)CC(=O)[C@H](C)NC(=O)C(C)C)B1O[C@@H]2C[C@@H]3C[C@@H](C3(C)C)[C@]2(C)O1. The van der Waals surface area contributed by atoms with Crippen molar-refractivity contribution in [2.75, 3.05) is 6.54 Å². The molecule has 0 unspecified atom stereocenters. The van der Waals surface area contributed by atoms with Crippen molar-refractivity contribution >= 4 is 24.7 Å². The fraction of sp³-hybridized carbons (Fsp3) is 0.897. The average Bonchev–Trinajstić information content (AvgIpc) is 3.19. The molecule has 1 heterocycles. The Morgan fingerprint density at radius 2 is 1.68 bits per heavy atom. The van der Waals surface area contributed by atoms with Crippen LogP contribution < -0.4 is 16.4 Å². The summed E-state index contributed by atoms with van der Waals surface area (Å²) in [6, 6.07) is -0.638. The Morgan fingerprint density at radius 3 is 2.26 bits per heavy atom. The number of hydrogen-bond acceptors (Lipinski definition) is 6. The van der Waals surface area contributed by atoms with E-state index in [0.29, 0.717) is 30.7 Å². The minimum atomic E-state index is -0.638. The van der Waals surface area contributed by atoms with Crippen molar-refractivity contribution in [2.24, 2.45) is 40.7 Å². The van der Waals surface area contributed by atoms with Gasteiger partial charge in [-0.3, -0.25) is 14.4 Å². The van der Waals surface area contributed by atoms with Crippen molar-refractivity contribution in [1.29, 1.82) is 0 Å². The van der Waals surface area contributed by atoms with Crippen molar-refractivity contribution in [2.45, 2.75) is 124 Å². The lowest BCUT2D eigenvalue weighted by molar-refractivity contribution is -0.199. The molecule has 3 saturated carbocycles. The molecule has 8 nitrogen and oxygen atoms in total. The van der Waals surface area contributed by atoms with Gasteiger partial charge in [0.2, 0.25) is 11.8 Å². The van der Waals surface area contributed by atoms with Gasteiger partial charge in [-0.2, -0.15) is 0 Å². The first-order valence-electron chi connectivity index (χ1n) is 14.9. The highest BCUT2D eigenvalue weighted by Gasteiger charge is 2.68. The molecule has 3 aliphatic carbocycles. The predicted molar refractivity (Wildman–Crippen MR) is 150 cm³/mol. The summed E-state index contributed by atoms with van der Waals surface area (Å²) in [6.07, 6.45) is 5.14. The summed E-state index contributed by atoms with van der Waals surface area (Å²) >= 11 is 0. The number of nitrogens with one attached hydrogen (secondary N) is 2. The zero-order valence-electron chi connectivity index (χ0n) is 25.0. The topological polar surface area (TPSA) is 120 Å². The molecule has 38 heavy (non-hydrogen) atoms. The summed E-state index contributed by atoms with van der Waals surface area (Å²) in [5.41, 5.74) is 5.60. The van der Waals surface area contributed by atoms with Gasteiger partial charge in [0.1, 0.15) is 0 Å². The second kappa shape index (κ2) is 12.4. The third-order valence-corrected chi connectivity index (χ3v) is 9.54. The average molecular weight is 534 g/mol.